The highest BCUT2D eigenvalue weighted by Crippen LogP contribution is 2.27. The van der Waals surface area contributed by atoms with Gasteiger partial charge in [-0.15, -0.1) is 0 Å². The van der Waals surface area contributed by atoms with Crippen molar-refractivity contribution in [3.8, 4) is 0 Å². The van der Waals surface area contributed by atoms with E-state index in [-0.39, 0.29) is 12.2 Å². The second-order valence-electron chi connectivity index (χ2n) is 4.20. The molecule has 0 aliphatic rings. The minimum Gasteiger partial charge on any atom is -0.326 e. The van der Waals surface area contributed by atoms with Crippen LogP contribution in [0.1, 0.15) is 5.56 Å². The third kappa shape index (κ3) is 3.58. The Morgan fingerprint density at radius 1 is 1.14 bits per heavy atom. The first-order valence-electron chi connectivity index (χ1n) is 5.80. The summed E-state index contributed by atoms with van der Waals surface area (Å²) in [6.07, 6.45) is 0. The molecular weight excluding hydrogens is 366 g/mol. The summed E-state index contributed by atoms with van der Waals surface area (Å²) < 4.78 is 53.8. The SMILES string of the molecule is NCc1ccc(F)c(S(=O)(=O)Nc2cc(F)ccc2Br)c1. The van der Waals surface area contributed by atoms with E-state index in [0.717, 1.165) is 24.3 Å². The van der Waals surface area contributed by atoms with Gasteiger partial charge in [0.25, 0.3) is 10.0 Å². The first kappa shape index (κ1) is 15.9. The van der Waals surface area contributed by atoms with Crippen LogP contribution in [0.5, 0.6) is 0 Å². The molecule has 2 aromatic rings. The number of anilines is 1. The molecule has 2 aromatic carbocycles. The lowest BCUT2D eigenvalue weighted by Gasteiger charge is -2.11. The fourth-order valence-electron chi connectivity index (χ4n) is 1.66. The highest BCUT2D eigenvalue weighted by Gasteiger charge is 2.21. The normalized spacial score (nSPS) is 11.4. The van der Waals surface area contributed by atoms with Gasteiger partial charge in [-0.25, -0.2) is 17.2 Å². The van der Waals surface area contributed by atoms with Crippen molar-refractivity contribution in [2.75, 3.05) is 4.72 Å². The minimum absolute atomic E-state index is 0.0208. The summed E-state index contributed by atoms with van der Waals surface area (Å²) in [6.45, 7) is 0.0759. The topological polar surface area (TPSA) is 72.2 Å². The van der Waals surface area contributed by atoms with Crippen molar-refractivity contribution in [2.24, 2.45) is 5.73 Å². The number of halogens is 3. The Balaban J connectivity index is 2.45. The summed E-state index contributed by atoms with van der Waals surface area (Å²) in [4.78, 5) is -0.540. The molecule has 0 saturated heterocycles. The molecule has 0 aromatic heterocycles. The van der Waals surface area contributed by atoms with Crippen LogP contribution in [-0.2, 0) is 16.6 Å². The van der Waals surface area contributed by atoms with Crippen LogP contribution in [0.2, 0.25) is 0 Å². The van der Waals surface area contributed by atoms with E-state index in [9.17, 15) is 17.2 Å². The second kappa shape index (κ2) is 6.08. The summed E-state index contributed by atoms with van der Waals surface area (Å²) >= 11 is 3.09. The van der Waals surface area contributed by atoms with Crippen molar-refractivity contribution in [3.05, 3.63) is 58.1 Å². The zero-order chi connectivity index (χ0) is 15.6. The Kier molecular flexibility index (Phi) is 4.60. The number of hydrogen-bond donors (Lipinski definition) is 2. The molecule has 0 atom stereocenters. The number of nitrogens with two attached hydrogens (primary N) is 1. The van der Waals surface area contributed by atoms with Crippen LogP contribution in [0.25, 0.3) is 0 Å². The monoisotopic (exact) mass is 376 g/mol. The predicted octanol–water partition coefficient (Wildman–Crippen LogP) is 2.99. The molecule has 8 heteroatoms. The largest absolute Gasteiger partial charge is 0.326 e. The summed E-state index contributed by atoms with van der Waals surface area (Å²) in [5, 5.41) is 0. The number of nitrogens with one attached hydrogen (secondary N) is 1. The van der Waals surface area contributed by atoms with Gasteiger partial charge in [-0.1, -0.05) is 6.07 Å². The lowest BCUT2D eigenvalue weighted by atomic mass is 10.2. The molecule has 0 radical (unpaired) electrons. The molecule has 4 nitrogen and oxygen atoms in total. The zero-order valence-electron chi connectivity index (χ0n) is 10.6. The van der Waals surface area contributed by atoms with Crippen molar-refractivity contribution >= 4 is 31.6 Å². The summed E-state index contributed by atoms with van der Waals surface area (Å²) in [5.74, 6) is -1.53. The lowest BCUT2D eigenvalue weighted by Crippen LogP contribution is -2.16. The van der Waals surface area contributed by atoms with Gasteiger partial charge in [0.1, 0.15) is 16.5 Å². The first-order valence-corrected chi connectivity index (χ1v) is 8.07. The van der Waals surface area contributed by atoms with Gasteiger partial charge in [0, 0.05) is 11.0 Å². The smallest absolute Gasteiger partial charge is 0.264 e. The third-order valence-electron chi connectivity index (χ3n) is 2.69. The summed E-state index contributed by atoms with van der Waals surface area (Å²) in [6, 6.07) is 7.07. The Bertz CT molecular complexity index is 782. The molecule has 0 fully saturated rings. The molecule has 0 heterocycles. The van der Waals surface area contributed by atoms with Crippen LogP contribution in [0.15, 0.2) is 45.8 Å². The van der Waals surface area contributed by atoms with E-state index in [1.54, 1.807) is 0 Å². The van der Waals surface area contributed by atoms with Crippen LogP contribution < -0.4 is 10.5 Å². The summed E-state index contributed by atoms with van der Waals surface area (Å²) in [5.41, 5.74) is 5.86. The average Bonchev–Trinajstić information content (AvgIpc) is 2.43. The van der Waals surface area contributed by atoms with E-state index in [1.165, 1.54) is 12.1 Å². The van der Waals surface area contributed by atoms with Crippen molar-refractivity contribution in [3.63, 3.8) is 0 Å². The van der Waals surface area contributed by atoms with Gasteiger partial charge in [0.15, 0.2) is 0 Å². The molecular formula is C13H11BrF2N2O2S. The fraction of sp³-hybridized carbons (Fsp3) is 0.0769. The van der Waals surface area contributed by atoms with Gasteiger partial charge in [-0.2, -0.15) is 0 Å². The molecule has 3 N–H and O–H groups in total. The Morgan fingerprint density at radius 2 is 1.86 bits per heavy atom. The average molecular weight is 377 g/mol. The van der Waals surface area contributed by atoms with Crippen molar-refractivity contribution in [2.45, 2.75) is 11.4 Å². The van der Waals surface area contributed by atoms with Gasteiger partial charge < -0.3 is 5.73 Å². The second-order valence-corrected chi connectivity index (χ2v) is 6.70. The quantitative estimate of drug-likeness (QED) is 0.861. The lowest BCUT2D eigenvalue weighted by molar-refractivity contribution is 0.569. The molecule has 112 valence electrons. The van der Waals surface area contributed by atoms with Crippen LogP contribution in [0.3, 0.4) is 0 Å². The number of sulfonamides is 1. The predicted molar refractivity (Wildman–Crippen MR) is 79.2 cm³/mol. The molecule has 0 saturated carbocycles. The highest BCUT2D eigenvalue weighted by atomic mass is 79.9. The fourth-order valence-corrected chi connectivity index (χ4v) is 3.33. The van der Waals surface area contributed by atoms with Crippen LogP contribution in [0, 0.1) is 11.6 Å². The van der Waals surface area contributed by atoms with Crippen molar-refractivity contribution in [1.82, 2.24) is 0 Å². The van der Waals surface area contributed by atoms with E-state index in [4.69, 9.17) is 5.73 Å². The highest BCUT2D eigenvalue weighted by molar-refractivity contribution is 9.10. The molecule has 21 heavy (non-hydrogen) atoms. The van der Waals surface area contributed by atoms with Crippen LogP contribution in [0.4, 0.5) is 14.5 Å². The zero-order valence-corrected chi connectivity index (χ0v) is 13.0. The van der Waals surface area contributed by atoms with Crippen molar-refractivity contribution in [1.29, 1.82) is 0 Å². The van der Waals surface area contributed by atoms with Crippen LogP contribution in [-0.4, -0.2) is 8.42 Å². The van der Waals surface area contributed by atoms with Gasteiger partial charge in [0.05, 0.1) is 5.69 Å². The van der Waals surface area contributed by atoms with Crippen LogP contribution >= 0.6 is 15.9 Å². The van der Waals surface area contributed by atoms with E-state index in [0.29, 0.717) is 10.0 Å². The van der Waals surface area contributed by atoms with E-state index < -0.39 is 26.6 Å². The Hall–Kier alpha value is -1.51. The number of rotatable bonds is 4. The van der Waals surface area contributed by atoms with Gasteiger partial charge in [-0.05, 0) is 51.8 Å². The maximum Gasteiger partial charge on any atom is 0.264 e. The summed E-state index contributed by atoms with van der Waals surface area (Å²) in [7, 11) is -4.19. The van der Waals surface area contributed by atoms with Crippen molar-refractivity contribution < 1.29 is 17.2 Å². The Labute approximate surface area is 129 Å². The van der Waals surface area contributed by atoms with E-state index in [1.807, 2.05) is 0 Å². The van der Waals surface area contributed by atoms with Gasteiger partial charge in [-0.3, -0.25) is 4.72 Å². The first-order chi connectivity index (χ1) is 9.83. The molecule has 0 unspecified atom stereocenters. The molecule has 0 aliphatic heterocycles. The molecule has 0 aliphatic carbocycles. The standard InChI is InChI=1S/C13H11BrF2N2O2S/c14-10-3-2-9(15)6-12(10)18-21(19,20)13-5-8(7-17)1-4-11(13)16/h1-6,18H,7,17H2. The maximum absolute atomic E-state index is 13.7. The molecule has 0 amide bonds. The van der Waals surface area contributed by atoms with E-state index in [2.05, 4.69) is 20.7 Å². The molecule has 0 spiro atoms. The van der Waals surface area contributed by atoms with Gasteiger partial charge >= 0.3 is 0 Å². The molecule has 2 rings (SSSR count). The maximum atomic E-state index is 13.7. The third-order valence-corrected chi connectivity index (χ3v) is 4.77. The van der Waals surface area contributed by atoms with E-state index >= 15 is 0 Å². The number of benzene rings is 2. The molecule has 0 bridgehead atoms. The minimum atomic E-state index is -4.19. The number of hydrogen-bond acceptors (Lipinski definition) is 3. The van der Waals surface area contributed by atoms with Gasteiger partial charge in [0.2, 0.25) is 0 Å². The Morgan fingerprint density at radius 3 is 2.52 bits per heavy atom.